The number of hydrogen-bond donors (Lipinski definition) is 2. The van der Waals surface area contributed by atoms with Crippen LogP contribution < -0.4 is 10.6 Å². The fourth-order valence-corrected chi connectivity index (χ4v) is 2.59. The molecule has 20 heavy (non-hydrogen) atoms. The summed E-state index contributed by atoms with van der Waals surface area (Å²) < 4.78 is 13.4. The van der Waals surface area contributed by atoms with Gasteiger partial charge in [0.1, 0.15) is 5.82 Å². The van der Waals surface area contributed by atoms with E-state index < -0.39 is 5.82 Å². The van der Waals surface area contributed by atoms with Gasteiger partial charge in [-0.1, -0.05) is 30.1 Å². The Morgan fingerprint density at radius 2 is 2.10 bits per heavy atom. The summed E-state index contributed by atoms with van der Waals surface area (Å²) >= 11 is 11.5. The molecule has 112 valence electrons. The van der Waals surface area contributed by atoms with E-state index in [1.165, 1.54) is 6.07 Å². The molecule has 1 heterocycles. The summed E-state index contributed by atoms with van der Waals surface area (Å²) in [6.07, 6.45) is 0.994. The number of piperidine rings is 1. The maximum absolute atomic E-state index is 13.4. The maximum atomic E-state index is 13.4. The molecule has 0 aromatic heterocycles. The number of halogens is 4. The van der Waals surface area contributed by atoms with Crippen molar-refractivity contribution in [3.63, 3.8) is 0 Å². The van der Waals surface area contributed by atoms with E-state index in [9.17, 15) is 9.18 Å². The summed E-state index contributed by atoms with van der Waals surface area (Å²) in [5.74, 6) is -0.645. The lowest BCUT2D eigenvalue weighted by Crippen LogP contribution is -2.50. The fourth-order valence-electron chi connectivity index (χ4n) is 2.13. The lowest BCUT2D eigenvalue weighted by Gasteiger charge is -2.30. The highest BCUT2D eigenvalue weighted by Gasteiger charge is 2.24. The molecule has 2 N–H and O–H groups in total. The molecule has 1 saturated heterocycles. The zero-order chi connectivity index (χ0) is 14.0. The molecule has 1 aromatic rings. The highest BCUT2D eigenvalue weighted by Crippen LogP contribution is 2.24. The molecule has 2 unspecified atom stereocenters. The molecule has 0 saturated carbocycles. The van der Waals surface area contributed by atoms with Crippen molar-refractivity contribution in [2.24, 2.45) is 5.92 Å². The summed E-state index contributed by atoms with van der Waals surface area (Å²) in [7, 11) is 0. The first kappa shape index (κ1) is 17.5. The molecule has 0 aliphatic carbocycles. The van der Waals surface area contributed by atoms with Gasteiger partial charge in [-0.3, -0.25) is 4.79 Å². The van der Waals surface area contributed by atoms with Crippen LogP contribution in [0.5, 0.6) is 0 Å². The van der Waals surface area contributed by atoms with Gasteiger partial charge in [-0.25, -0.2) is 4.39 Å². The molecule has 3 nitrogen and oxygen atoms in total. The van der Waals surface area contributed by atoms with Gasteiger partial charge >= 0.3 is 0 Å². The third-order valence-corrected chi connectivity index (χ3v) is 4.00. The highest BCUT2D eigenvalue weighted by atomic mass is 35.5. The van der Waals surface area contributed by atoms with Gasteiger partial charge in [0.2, 0.25) is 0 Å². The van der Waals surface area contributed by atoms with Crippen LogP contribution in [0.2, 0.25) is 10.0 Å². The largest absolute Gasteiger partial charge is 0.348 e. The van der Waals surface area contributed by atoms with E-state index in [0.717, 1.165) is 19.0 Å². The number of benzene rings is 1. The second-order valence-corrected chi connectivity index (χ2v) is 5.61. The minimum absolute atomic E-state index is 0. The number of hydrogen-bond acceptors (Lipinski definition) is 2. The van der Waals surface area contributed by atoms with E-state index in [0.29, 0.717) is 12.5 Å². The zero-order valence-electron chi connectivity index (χ0n) is 10.9. The average molecular weight is 342 g/mol. The van der Waals surface area contributed by atoms with Crippen molar-refractivity contribution in [1.29, 1.82) is 0 Å². The fraction of sp³-hybridized carbons (Fsp3) is 0.462. The molecule has 1 aliphatic rings. The molecule has 0 spiro atoms. The van der Waals surface area contributed by atoms with E-state index in [4.69, 9.17) is 23.2 Å². The lowest BCUT2D eigenvalue weighted by molar-refractivity contribution is 0.0915. The van der Waals surface area contributed by atoms with Gasteiger partial charge < -0.3 is 10.6 Å². The molecular formula is C13H16Cl3FN2O. The average Bonchev–Trinajstić information content (AvgIpc) is 2.36. The Kier molecular flexibility index (Phi) is 6.52. The minimum Gasteiger partial charge on any atom is -0.348 e. The number of rotatable bonds is 2. The Morgan fingerprint density at radius 3 is 2.75 bits per heavy atom. The Hall–Kier alpha value is -0.550. The van der Waals surface area contributed by atoms with Crippen LogP contribution in [-0.4, -0.2) is 25.0 Å². The van der Waals surface area contributed by atoms with Gasteiger partial charge in [0, 0.05) is 12.6 Å². The van der Waals surface area contributed by atoms with E-state index >= 15 is 0 Å². The quantitative estimate of drug-likeness (QED) is 0.811. The van der Waals surface area contributed by atoms with Crippen molar-refractivity contribution in [2.45, 2.75) is 19.4 Å². The zero-order valence-corrected chi connectivity index (χ0v) is 13.2. The molecule has 1 aromatic carbocycles. The van der Waals surface area contributed by atoms with Crippen molar-refractivity contribution in [3.05, 3.63) is 33.6 Å². The summed E-state index contributed by atoms with van der Waals surface area (Å²) in [6, 6.07) is 2.34. The molecule has 1 aliphatic heterocycles. The van der Waals surface area contributed by atoms with Gasteiger partial charge in [-0.15, -0.1) is 12.4 Å². The van der Waals surface area contributed by atoms with Gasteiger partial charge in [0.05, 0.1) is 15.6 Å². The van der Waals surface area contributed by atoms with E-state index in [1.807, 2.05) is 0 Å². The first-order chi connectivity index (χ1) is 8.99. The summed E-state index contributed by atoms with van der Waals surface area (Å²) in [6.45, 7) is 3.74. The number of nitrogens with one attached hydrogen (secondary N) is 2. The molecule has 1 amide bonds. The van der Waals surface area contributed by atoms with Crippen molar-refractivity contribution in [3.8, 4) is 0 Å². The van der Waals surface area contributed by atoms with Crippen LogP contribution in [0.1, 0.15) is 23.7 Å². The van der Waals surface area contributed by atoms with Gasteiger partial charge in [0.25, 0.3) is 5.91 Å². The van der Waals surface area contributed by atoms with Crippen LogP contribution in [0.4, 0.5) is 4.39 Å². The van der Waals surface area contributed by atoms with Crippen LogP contribution in [-0.2, 0) is 0 Å². The topological polar surface area (TPSA) is 41.1 Å². The lowest BCUT2D eigenvalue weighted by atomic mass is 9.94. The van der Waals surface area contributed by atoms with Crippen molar-refractivity contribution < 1.29 is 9.18 Å². The standard InChI is InChI=1S/C13H15Cl2FN2O.ClH/c1-7-2-3-17-6-12(7)18-13(19)8-4-11(16)10(15)5-9(8)14;/h4-5,7,12,17H,2-3,6H2,1H3,(H,18,19);1H. The van der Waals surface area contributed by atoms with E-state index in [2.05, 4.69) is 17.6 Å². The molecule has 0 radical (unpaired) electrons. The molecule has 7 heteroatoms. The first-order valence-corrected chi connectivity index (χ1v) is 6.90. The Balaban J connectivity index is 0.00000200. The van der Waals surface area contributed by atoms with E-state index in [-0.39, 0.29) is 40.0 Å². The minimum atomic E-state index is -0.647. The van der Waals surface area contributed by atoms with Gasteiger partial charge in [-0.2, -0.15) is 0 Å². The molecule has 2 atom stereocenters. The van der Waals surface area contributed by atoms with Crippen molar-refractivity contribution in [2.75, 3.05) is 13.1 Å². The number of carbonyl (C=O) groups excluding carboxylic acids is 1. The number of amides is 1. The van der Waals surface area contributed by atoms with Crippen LogP contribution in [0.15, 0.2) is 12.1 Å². The summed E-state index contributed by atoms with van der Waals surface area (Å²) in [4.78, 5) is 12.1. The molecule has 1 fully saturated rings. The van der Waals surface area contributed by atoms with E-state index in [1.54, 1.807) is 0 Å². The van der Waals surface area contributed by atoms with Crippen molar-refractivity contribution >= 4 is 41.5 Å². The monoisotopic (exact) mass is 340 g/mol. The number of carbonyl (C=O) groups is 1. The molecular weight excluding hydrogens is 326 g/mol. The predicted octanol–water partition coefficient (Wildman–Crippen LogP) is 3.28. The normalized spacial score (nSPS) is 22.0. The summed E-state index contributed by atoms with van der Waals surface area (Å²) in [5.41, 5.74) is 0.112. The van der Waals surface area contributed by atoms with Crippen LogP contribution in [0.25, 0.3) is 0 Å². The SMILES string of the molecule is CC1CCNCC1NC(=O)c1cc(F)c(Cl)cc1Cl.Cl. The molecule has 0 bridgehead atoms. The first-order valence-electron chi connectivity index (χ1n) is 6.15. The Bertz CT molecular complexity index is 499. The Morgan fingerprint density at radius 1 is 1.40 bits per heavy atom. The van der Waals surface area contributed by atoms with Gasteiger partial charge in [-0.05, 0) is 31.0 Å². The Labute approximate surface area is 133 Å². The smallest absolute Gasteiger partial charge is 0.253 e. The third kappa shape index (κ3) is 3.98. The summed E-state index contributed by atoms with van der Waals surface area (Å²) in [5, 5.41) is 6.16. The van der Waals surface area contributed by atoms with Crippen LogP contribution >= 0.6 is 35.6 Å². The molecule has 2 rings (SSSR count). The van der Waals surface area contributed by atoms with Crippen LogP contribution in [0, 0.1) is 11.7 Å². The van der Waals surface area contributed by atoms with Gasteiger partial charge in [0.15, 0.2) is 0 Å². The predicted molar refractivity (Wildman–Crippen MR) is 81.6 cm³/mol. The van der Waals surface area contributed by atoms with Crippen LogP contribution in [0.3, 0.4) is 0 Å². The second kappa shape index (κ2) is 7.46. The van der Waals surface area contributed by atoms with Crippen molar-refractivity contribution in [1.82, 2.24) is 10.6 Å². The highest BCUT2D eigenvalue weighted by molar-refractivity contribution is 6.36. The maximum Gasteiger partial charge on any atom is 0.253 e. The second-order valence-electron chi connectivity index (χ2n) is 4.80. The third-order valence-electron chi connectivity index (χ3n) is 3.40.